The molecule has 3 aliphatic rings. The van der Waals surface area contributed by atoms with Crippen molar-refractivity contribution in [1.29, 1.82) is 0 Å². The van der Waals surface area contributed by atoms with E-state index in [0.717, 1.165) is 5.56 Å². The number of ether oxygens (including phenoxy) is 3. The van der Waals surface area contributed by atoms with Crippen LogP contribution in [0.1, 0.15) is 39.2 Å². The molecule has 2 saturated carbocycles. The van der Waals surface area contributed by atoms with Crippen molar-refractivity contribution in [1.82, 2.24) is 0 Å². The van der Waals surface area contributed by atoms with E-state index in [0.29, 0.717) is 12.8 Å². The zero-order valence-corrected chi connectivity index (χ0v) is 19.7. The summed E-state index contributed by atoms with van der Waals surface area (Å²) in [6.45, 7) is 11.2. The van der Waals surface area contributed by atoms with Gasteiger partial charge in [-0.2, -0.15) is 0 Å². The fraction of sp³-hybridized carbons (Fsp3) is 0.652. The van der Waals surface area contributed by atoms with Gasteiger partial charge in [0.05, 0.1) is 19.8 Å². The third-order valence-electron chi connectivity index (χ3n) is 7.85. The van der Waals surface area contributed by atoms with Crippen molar-refractivity contribution in [3.8, 4) is 0 Å². The second-order valence-corrected chi connectivity index (χ2v) is 15.1. The van der Waals surface area contributed by atoms with E-state index in [2.05, 4.69) is 33.9 Å². The lowest BCUT2D eigenvalue weighted by molar-refractivity contribution is -0.234. The molecular formula is C23H32O6Si. The van der Waals surface area contributed by atoms with E-state index in [-0.39, 0.29) is 23.7 Å². The van der Waals surface area contributed by atoms with Gasteiger partial charge in [0.15, 0.2) is 13.9 Å². The SMILES string of the molecule is COC(=O)[C@@]12[C@H]3C[C@@H](O[Si](C)(C)C(C)(C)C)[C@@H]1C[C@]2(OCc1ccccc1)C(=O)O3. The molecular weight excluding hydrogens is 400 g/mol. The number of carbonyl (C=O) groups is 2. The highest BCUT2D eigenvalue weighted by Crippen LogP contribution is 2.71. The molecule has 30 heavy (non-hydrogen) atoms. The zero-order valence-electron chi connectivity index (χ0n) is 18.7. The maximum Gasteiger partial charge on any atom is 0.340 e. The van der Waals surface area contributed by atoms with Crippen LogP contribution in [0.4, 0.5) is 0 Å². The number of methoxy groups -OCH3 is 1. The minimum atomic E-state index is -2.06. The van der Waals surface area contributed by atoms with Crippen LogP contribution < -0.4 is 0 Å². The highest BCUT2D eigenvalue weighted by molar-refractivity contribution is 6.74. The van der Waals surface area contributed by atoms with Gasteiger partial charge in [0.1, 0.15) is 11.5 Å². The summed E-state index contributed by atoms with van der Waals surface area (Å²) in [7, 11) is -0.694. The number of hydrogen-bond acceptors (Lipinski definition) is 6. The number of rotatable bonds is 6. The molecule has 1 aromatic carbocycles. The highest BCUT2D eigenvalue weighted by atomic mass is 28.4. The van der Waals surface area contributed by atoms with Crippen molar-refractivity contribution in [3.05, 3.63) is 35.9 Å². The maximum atomic E-state index is 13.1. The molecule has 164 valence electrons. The van der Waals surface area contributed by atoms with Gasteiger partial charge in [0.2, 0.25) is 0 Å². The van der Waals surface area contributed by atoms with Crippen molar-refractivity contribution in [2.75, 3.05) is 7.11 Å². The van der Waals surface area contributed by atoms with Gasteiger partial charge in [-0.1, -0.05) is 51.1 Å². The Balaban J connectivity index is 1.64. The largest absolute Gasteiger partial charge is 0.468 e. The lowest BCUT2D eigenvalue weighted by Gasteiger charge is -2.54. The van der Waals surface area contributed by atoms with Gasteiger partial charge in [0.25, 0.3) is 0 Å². The molecule has 6 nitrogen and oxygen atoms in total. The molecule has 0 aromatic heterocycles. The maximum absolute atomic E-state index is 13.1. The van der Waals surface area contributed by atoms with Crippen LogP contribution >= 0.6 is 0 Å². The van der Waals surface area contributed by atoms with Crippen LogP contribution in [-0.2, 0) is 34.8 Å². The van der Waals surface area contributed by atoms with E-state index in [9.17, 15) is 9.59 Å². The number of benzene rings is 1. The molecule has 0 spiro atoms. The first-order valence-corrected chi connectivity index (χ1v) is 13.6. The molecule has 3 fully saturated rings. The number of hydrogen-bond donors (Lipinski definition) is 0. The molecule has 7 heteroatoms. The molecule has 0 N–H and O–H groups in total. The Bertz CT molecular complexity index is 847. The van der Waals surface area contributed by atoms with Gasteiger partial charge in [-0.15, -0.1) is 0 Å². The van der Waals surface area contributed by atoms with Crippen molar-refractivity contribution >= 4 is 20.3 Å². The van der Waals surface area contributed by atoms with Crippen molar-refractivity contribution < 1.29 is 28.2 Å². The lowest BCUT2D eigenvalue weighted by atomic mass is 9.51. The molecule has 0 bridgehead atoms. The Morgan fingerprint density at radius 1 is 1.23 bits per heavy atom. The van der Waals surface area contributed by atoms with E-state index in [4.69, 9.17) is 18.6 Å². The number of esters is 2. The summed E-state index contributed by atoms with van der Waals surface area (Å²) in [5.74, 6) is -1.02. The van der Waals surface area contributed by atoms with Crippen molar-refractivity contribution in [2.24, 2.45) is 11.3 Å². The Morgan fingerprint density at radius 2 is 1.90 bits per heavy atom. The molecule has 2 aliphatic carbocycles. The minimum Gasteiger partial charge on any atom is -0.468 e. The molecule has 0 unspecified atom stereocenters. The van der Waals surface area contributed by atoms with E-state index in [1.807, 2.05) is 30.3 Å². The smallest absolute Gasteiger partial charge is 0.340 e. The Morgan fingerprint density at radius 3 is 2.50 bits per heavy atom. The first-order valence-electron chi connectivity index (χ1n) is 10.6. The normalized spacial score (nSPS) is 34.9. The van der Waals surface area contributed by atoms with Gasteiger partial charge in [-0.3, -0.25) is 4.79 Å². The van der Waals surface area contributed by atoms with Gasteiger partial charge < -0.3 is 18.6 Å². The van der Waals surface area contributed by atoms with Crippen LogP contribution in [0.5, 0.6) is 0 Å². The van der Waals surface area contributed by atoms with Crippen LogP contribution in [0.2, 0.25) is 18.1 Å². The minimum absolute atomic E-state index is 0.0461. The monoisotopic (exact) mass is 432 g/mol. The predicted octanol–water partition coefficient (Wildman–Crippen LogP) is 3.84. The van der Waals surface area contributed by atoms with E-state index >= 15 is 0 Å². The highest BCUT2D eigenvalue weighted by Gasteiger charge is 2.87. The standard InChI is InChI=1S/C23H32O6Si/c1-21(2,3)30(5,6)29-17-12-18-23(20(25)26-4)16(17)13-22(23,19(24)28-18)27-14-15-10-8-7-9-11-15/h7-11,16-18H,12-14H2,1-6H3/t16-,17+,18+,22-,23-/m0/s1. The van der Waals surface area contributed by atoms with Crippen molar-refractivity contribution in [3.63, 3.8) is 0 Å². The van der Waals surface area contributed by atoms with E-state index < -0.39 is 37.4 Å². The van der Waals surface area contributed by atoms with Crippen LogP contribution in [0.3, 0.4) is 0 Å². The summed E-state index contributed by atoms with van der Waals surface area (Å²) in [6, 6.07) is 9.65. The molecule has 1 aliphatic heterocycles. The van der Waals surface area contributed by atoms with Gasteiger partial charge >= 0.3 is 11.9 Å². The summed E-state index contributed by atoms with van der Waals surface area (Å²) in [4.78, 5) is 26.1. The van der Waals surface area contributed by atoms with Crippen LogP contribution in [0.25, 0.3) is 0 Å². The van der Waals surface area contributed by atoms with Gasteiger partial charge in [-0.05, 0) is 30.1 Å². The summed E-state index contributed by atoms with van der Waals surface area (Å²) in [5, 5.41) is 0.0461. The Hall–Kier alpha value is -1.70. The van der Waals surface area contributed by atoms with Crippen LogP contribution in [0, 0.1) is 11.3 Å². The molecule has 1 saturated heterocycles. The average molecular weight is 433 g/mol. The van der Waals surface area contributed by atoms with Gasteiger partial charge in [0, 0.05) is 12.3 Å². The van der Waals surface area contributed by atoms with Crippen molar-refractivity contribution in [2.45, 2.75) is 76.2 Å². The number of carbonyl (C=O) groups excluding carboxylic acids is 2. The third kappa shape index (κ3) is 2.75. The molecule has 1 aromatic rings. The zero-order chi connectivity index (χ0) is 21.9. The van der Waals surface area contributed by atoms with Crippen LogP contribution in [0.15, 0.2) is 30.3 Å². The fourth-order valence-corrected chi connectivity index (χ4v) is 6.60. The second kappa shape index (κ2) is 6.90. The molecule has 4 rings (SSSR count). The quantitative estimate of drug-likeness (QED) is 0.502. The molecule has 0 radical (unpaired) electrons. The molecule has 1 heterocycles. The summed E-state index contributed by atoms with van der Waals surface area (Å²) < 4.78 is 23.9. The van der Waals surface area contributed by atoms with E-state index in [1.54, 1.807) is 0 Å². The lowest BCUT2D eigenvalue weighted by Crippen LogP contribution is -2.71. The molecule has 0 amide bonds. The summed E-state index contributed by atoms with van der Waals surface area (Å²) >= 11 is 0. The first-order chi connectivity index (χ1) is 14.0. The predicted molar refractivity (Wildman–Crippen MR) is 113 cm³/mol. The van der Waals surface area contributed by atoms with E-state index in [1.165, 1.54) is 7.11 Å². The molecule has 5 atom stereocenters. The van der Waals surface area contributed by atoms with Crippen LogP contribution in [-0.4, -0.2) is 45.2 Å². The summed E-state index contributed by atoms with van der Waals surface area (Å²) in [6.07, 6.45) is 0.219. The topological polar surface area (TPSA) is 71.1 Å². The Labute approximate surface area is 179 Å². The third-order valence-corrected chi connectivity index (χ3v) is 12.4. The average Bonchev–Trinajstić information content (AvgIpc) is 2.98. The van der Waals surface area contributed by atoms with Gasteiger partial charge in [-0.25, -0.2) is 4.79 Å². The Kier molecular flexibility index (Phi) is 4.95. The first kappa shape index (κ1) is 21.5. The summed E-state index contributed by atoms with van der Waals surface area (Å²) in [5.41, 5.74) is -1.48. The second-order valence-electron chi connectivity index (χ2n) is 10.3. The fourth-order valence-electron chi connectivity index (χ4n) is 5.23.